The first-order chi connectivity index (χ1) is 20.2. The molecular weight excluding hydrogens is 553 g/mol. The predicted octanol–water partition coefficient (Wildman–Crippen LogP) is 5.33. The van der Waals surface area contributed by atoms with E-state index < -0.39 is 10.0 Å². The third-order valence-electron chi connectivity index (χ3n) is 7.32. The van der Waals surface area contributed by atoms with Crippen molar-refractivity contribution in [1.82, 2.24) is 23.8 Å². The minimum Gasteiger partial charge on any atom is -0.345 e. The fourth-order valence-electron chi connectivity index (χ4n) is 5.23. The van der Waals surface area contributed by atoms with Crippen molar-refractivity contribution in [1.29, 1.82) is 0 Å². The van der Waals surface area contributed by atoms with E-state index in [4.69, 9.17) is 0 Å². The van der Waals surface area contributed by atoms with Crippen LogP contribution in [-0.4, -0.2) is 46.1 Å². The van der Waals surface area contributed by atoms with Gasteiger partial charge in [-0.15, -0.1) is 0 Å². The highest BCUT2D eigenvalue weighted by molar-refractivity contribution is 7.88. The van der Waals surface area contributed by atoms with E-state index in [9.17, 15) is 17.6 Å². The van der Waals surface area contributed by atoms with E-state index in [1.807, 2.05) is 60.0 Å². The molecule has 6 aromatic rings. The van der Waals surface area contributed by atoms with Crippen LogP contribution in [0.15, 0.2) is 91.4 Å². The summed E-state index contributed by atoms with van der Waals surface area (Å²) < 4.78 is 43.3. The number of benzene rings is 3. The number of aryl methyl sites for hydroxylation is 1. The average molecular weight is 582 g/mol. The predicted molar refractivity (Wildman–Crippen MR) is 161 cm³/mol. The van der Waals surface area contributed by atoms with Crippen LogP contribution in [0.4, 0.5) is 4.39 Å². The summed E-state index contributed by atoms with van der Waals surface area (Å²) in [6.07, 6.45) is 6.38. The Morgan fingerprint density at radius 1 is 0.952 bits per heavy atom. The smallest absolute Gasteiger partial charge is 0.208 e. The Morgan fingerprint density at radius 3 is 2.43 bits per heavy atom. The lowest BCUT2D eigenvalue weighted by Gasteiger charge is -2.08. The quantitative estimate of drug-likeness (QED) is 0.233. The lowest BCUT2D eigenvalue weighted by molar-refractivity contribution is 0.104. The lowest BCUT2D eigenvalue weighted by atomic mass is 9.99. The number of halogens is 1. The molecule has 3 aromatic carbocycles. The van der Waals surface area contributed by atoms with Crippen LogP contribution in [-0.2, 0) is 23.1 Å². The molecule has 6 rings (SSSR count). The van der Waals surface area contributed by atoms with E-state index in [2.05, 4.69) is 19.3 Å². The Hall–Kier alpha value is -4.67. The number of carbonyl (C=O) groups is 1. The molecule has 212 valence electrons. The molecule has 0 saturated carbocycles. The summed E-state index contributed by atoms with van der Waals surface area (Å²) >= 11 is 0. The maximum Gasteiger partial charge on any atom is 0.208 e. The van der Waals surface area contributed by atoms with E-state index in [1.165, 1.54) is 12.1 Å². The maximum absolute atomic E-state index is 13.8. The number of sulfonamides is 1. The SMILES string of the molecule is Cc1nc2cnccc2n1Cc1ccc(C(=O)c2cn(CCNS(C)(=O)=O)c3cc(-c4ccc(F)cc4)ccc23)cc1. The number of nitrogens with zero attached hydrogens (tertiary/aromatic N) is 4. The van der Waals surface area contributed by atoms with Crippen LogP contribution in [0.1, 0.15) is 27.3 Å². The zero-order chi connectivity index (χ0) is 29.4. The molecule has 0 saturated heterocycles. The molecular formula is C32H28FN5O3S. The summed E-state index contributed by atoms with van der Waals surface area (Å²) in [7, 11) is -3.37. The standard InChI is InChI=1S/C32H28FN5O3S/c1-21-36-29-18-34-14-13-30(29)38(21)19-22-3-5-24(6-4-22)32(39)28-20-37(16-15-35-42(2,40)41)31-17-25(9-12-27(28)31)23-7-10-26(33)11-8-23/h3-14,17-18,20,35H,15-16,19H2,1-2H3. The molecule has 0 fully saturated rings. The van der Waals surface area contributed by atoms with Gasteiger partial charge in [0.15, 0.2) is 5.78 Å². The Kier molecular flexibility index (Phi) is 7.17. The van der Waals surface area contributed by atoms with Crippen molar-refractivity contribution in [3.63, 3.8) is 0 Å². The molecule has 0 aliphatic rings. The van der Waals surface area contributed by atoms with Gasteiger partial charge in [0.1, 0.15) is 17.2 Å². The highest BCUT2D eigenvalue weighted by Crippen LogP contribution is 2.30. The van der Waals surface area contributed by atoms with Crippen molar-refractivity contribution in [2.45, 2.75) is 20.0 Å². The fraction of sp³-hybridized carbons (Fsp3) is 0.156. The molecule has 0 atom stereocenters. The number of aromatic nitrogens is 4. The van der Waals surface area contributed by atoms with Gasteiger partial charge in [-0.3, -0.25) is 9.78 Å². The Bertz CT molecular complexity index is 2050. The molecule has 0 spiro atoms. The van der Waals surface area contributed by atoms with Gasteiger partial charge in [0.25, 0.3) is 0 Å². The van der Waals surface area contributed by atoms with Crippen LogP contribution in [0, 0.1) is 12.7 Å². The van der Waals surface area contributed by atoms with Crippen LogP contribution in [0.25, 0.3) is 33.1 Å². The second-order valence-electron chi connectivity index (χ2n) is 10.3. The number of hydrogen-bond donors (Lipinski definition) is 1. The monoisotopic (exact) mass is 581 g/mol. The molecule has 3 heterocycles. The zero-order valence-electron chi connectivity index (χ0n) is 23.1. The molecule has 0 aliphatic heterocycles. The number of pyridine rings is 1. The summed E-state index contributed by atoms with van der Waals surface area (Å²) in [5.74, 6) is 0.433. The number of nitrogens with one attached hydrogen (secondary N) is 1. The molecule has 0 aliphatic carbocycles. The molecule has 3 aromatic heterocycles. The summed E-state index contributed by atoms with van der Waals surface area (Å²) in [6.45, 7) is 3.07. The number of ketones is 1. The van der Waals surface area contributed by atoms with Gasteiger partial charge in [0.2, 0.25) is 10.0 Å². The van der Waals surface area contributed by atoms with Gasteiger partial charge < -0.3 is 9.13 Å². The summed E-state index contributed by atoms with van der Waals surface area (Å²) in [6, 6.07) is 21.4. The largest absolute Gasteiger partial charge is 0.345 e. The maximum atomic E-state index is 13.8. The van der Waals surface area contributed by atoms with E-state index >= 15 is 0 Å². The van der Waals surface area contributed by atoms with Gasteiger partial charge in [-0.2, -0.15) is 0 Å². The minimum absolute atomic E-state index is 0.133. The van der Waals surface area contributed by atoms with Crippen molar-refractivity contribution in [3.05, 3.63) is 120 Å². The van der Waals surface area contributed by atoms with Gasteiger partial charge in [0.05, 0.1) is 18.0 Å². The first kappa shape index (κ1) is 27.5. The lowest BCUT2D eigenvalue weighted by Crippen LogP contribution is -2.25. The molecule has 8 nitrogen and oxygen atoms in total. The fourth-order valence-corrected chi connectivity index (χ4v) is 5.69. The molecule has 1 N–H and O–H groups in total. The highest BCUT2D eigenvalue weighted by atomic mass is 32.2. The highest BCUT2D eigenvalue weighted by Gasteiger charge is 2.18. The second kappa shape index (κ2) is 11.0. The van der Waals surface area contributed by atoms with Crippen molar-refractivity contribution in [2.75, 3.05) is 12.8 Å². The number of fused-ring (bicyclic) bond motifs is 2. The average Bonchev–Trinajstić information content (AvgIpc) is 3.49. The van der Waals surface area contributed by atoms with Gasteiger partial charge in [0, 0.05) is 54.1 Å². The molecule has 0 bridgehead atoms. The van der Waals surface area contributed by atoms with Gasteiger partial charge >= 0.3 is 0 Å². The van der Waals surface area contributed by atoms with E-state index in [0.29, 0.717) is 24.2 Å². The molecule has 10 heteroatoms. The minimum atomic E-state index is -3.37. The van der Waals surface area contributed by atoms with Crippen LogP contribution in [0.3, 0.4) is 0 Å². The van der Waals surface area contributed by atoms with Crippen LogP contribution in [0.2, 0.25) is 0 Å². The van der Waals surface area contributed by atoms with Gasteiger partial charge in [-0.05, 0) is 47.9 Å². The number of imidazole rings is 1. The number of rotatable bonds is 9. The Balaban J connectivity index is 1.32. The molecule has 0 amide bonds. The van der Waals surface area contributed by atoms with Crippen molar-refractivity contribution >= 4 is 37.7 Å². The summed E-state index contributed by atoms with van der Waals surface area (Å²) in [5.41, 5.74) is 6.42. The Labute approximate surface area is 242 Å². The number of hydrogen-bond acceptors (Lipinski definition) is 5. The van der Waals surface area contributed by atoms with Gasteiger partial charge in [-0.1, -0.05) is 48.5 Å². The zero-order valence-corrected chi connectivity index (χ0v) is 23.9. The number of carbonyl (C=O) groups excluding carboxylic acids is 1. The van der Waals surface area contributed by atoms with Crippen molar-refractivity contribution in [2.24, 2.45) is 0 Å². The van der Waals surface area contributed by atoms with Crippen LogP contribution < -0.4 is 4.72 Å². The first-order valence-electron chi connectivity index (χ1n) is 13.4. The first-order valence-corrected chi connectivity index (χ1v) is 15.3. The van der Waals surface area contributed by atoms with E-state index in [0.717, 1.165) is 50.7 Å². The van der Waals surface area contributed by atoms with E-state index in [1.54, 1.807) is 30.7 Å². The third-order valence-corrected chi connectivity index (χ3v) is 8.05. The Morgan fingerprint density at radius 2 is 1.69 bits per heavy atom. The molecule has 0 unspecified atom stereocenters. The van der Waals surface area contributed by atoms with Crippen LogP contribution in [0.5, 0.6) is 0 Å². The third kappa shape index (κ3) is 5.59. The molecule has 42 heavy (non-hydrogen) atoms. The molecule has 0 radical (unpaired) electrons. The van der Waals surface area contributed by atoms with Gasteiger partial charge in [-0.25, -0.2) is 22.5 Å². The van der Waals surface area contributed by atoms with E-state index in [-0.39, 0.29) is 18.1 Å². The van der Waals surface area contributed by atoms with Crippen LogP contribution >= 0.6 is 0 Å². The summed E-state index contributed by atoms with van der Waals surface area (Å²) in [5, 5.41) is 0.753. The second-order valence-corrected chi connectivity index (χ2v) is 12.1. The topological polar surface area (TPSA) is 98.9 Å². The normalized spacial score (nSPS) is 11.9. The summed E-state index contributed by atoms with van der Waals surface area (Å²) in [4.78, 5) is 22.5. The van der Waals surface area contributed by atoms with Crippen molar-refractivity contribution < 1.29 is 17.6 Å². The van der Waals surface area contributed by atoms with Crippen molar-refractivity contribution in [3.8, 4) is 11.1 Å².